The third kappa shape index (κ3) is 3.41. The third-order valence-corrected chi connectivity index (χ3v) is 7.63. The van der Waals surface area contributed by atoms with Crippen LogP contribution < -0.4 is 0 Å². The van der Waals surface area contributed by atoms with Gasteiger partial charge in [-0.05, 0) is 53.4 Å². The van der Waals surface area contributed by atoms with Crippen LogP contribution in [0.3, 0.4) is 0 Å². The van der Waals surface area contributed by atoms with E-state index in [2.05, 4.69) is 52.9 Å². The summed E-state index contributed by atoms with van der Waals surface area (Å²) in [4.78, 5) is 19.0. The first-order valence-corrected chi connectivity index (χ1v) is 11.1. The third-order valence-electron chi connectivity index (χ3n) is 4.54. The van der Waals surface area contributed by atoms with E-state index in [1.165, 1.54) is 25.8 Å². The van der Waals surface area contributed by atoms with Gasteiger partial charge in [0.1, 0.15) is 0 Å². The lowest BCUT2D eigenvalue weighted by atomic mass is 9.98. The van der Waals surface area contributed by atoms with Gasteiger partial charge in [0.15, 0.2) is 0 Å². The lowest BCUT2D eigenvalue weighted by Gasteiger charge is -2.35. The van der Waals surface area contributed by atoms with Crippen molar-refractivity contribution in [2.75, 3.05) is 12.3 Å². The summed E-state index contributed by atoms with van der Waals surface area (Å²) in [5.41, 5.74) is 2.54. The van der Waals surface area contributed by atoms with Crippen LogP contribution >= 0.6 is 34.4 Å². The minimum Gasteiger partial charge on any atom is -0.330 e. The van der Waals surface area contributed by atoms with Crippen LogP contribution in [0.1, 0.15) is 26.9 Å². The van der Waals surface area contributed by atoms with Crippen LogP contribution in [0, 0.1) is 6.92 Å². The van der Waals surface area contributed by atoms with Crippen molar-refractivity contribution in [2.45, 2.75) is 24.3 Å². The highest BCUT2D eigenvalue weighted by Crippen LogP contribution is 2.40. The monoisotopic (exact) mass is 385 g/mol. The van der Waals surface area contributed by atoms with Crippen molar-refractivity contribution in [3.8, 4) is 0 Å². The van der Waals surface area contributed by atoms with Crippen molar-refractivity contribution in [1.29, 1.82) is 0 Å². The summed E-state index contributed by atoms with van der Waals surface area (Å²) in [7, 11) is 0. The summed E-state index contributed by atoms with van der Waals surface area (Å²) in [6.07, 6.45) is 0.968. The van der Waals surface area contributed by atoms with Gasteiger partial charge < -0.3 is 4.90 Å². The summed E-state index contributed by atoms with van der Waals surface area (Å²) >= 11 is 5.20. The molecule has 5 heteroatoms. The van der Waals surface area contributed by atoms with E-state index in [0.29, 0.717) is 5.75 Å². The Morgan fingerprint density at radius 3 is 2.84 bits per heavy atom. The average Bonchev–Trinajstić information content (AvgIpc) is 3.31. The number of thioether (sulfide) groups is 1. The molecule has 0 fully saturated rings. The van der Waals surface area contributed by atoms with Crippen molar-refractivity contribution in [2.24, 2.45) is 0 Å². The minimum absolute atomic E-state index is 0.0833. The molecule has 2 nitrogen and oxygen atoms in total. The molecule has 3 heterocycles. The standard InChI is InChI=1S/C20H19NOS3/c1-14-5-2-3-6-16(14)25-13-19(22)21-10-8-17-15(9-12-24-17)20(21)18-7-4-11-23-18/h2-7,9,11-12,20H,8,10,13H2,1H3/t20-/m1/s1. The first-order valence-electron chi connectivity index (χ1n) is 8.31. The fourth-order valence-corrected chi connectivity index (χ4v) is 5.95. The normalized spacial score (nSPS) is 16.7. The second-order valence-electron chi connectivity index (χ2n) is 6.11. The Morgan fingerprint density at radius 1 is 1.16 bits per heavy atom. The van der Waals surface area contributed by atoms with Gasteiger partial charge in [0, 0.05) is 21.2 Å². The second-order valence-corrected chi connectivity index (χ2v) is 9.11. The fraction of sp³-hybridized carbons (Fsp3) is 0.250. The predicted molar refractivity (Wildman–Crippen MR) is 108 cm³/mol. The highest BCUT2D eigenvalue weighted by molar-refractivity contribution is 8.00. The molecule has 0 radical (unpaired) electrons. The van der Waals surface area contributed by atoms with Gasteiger partial charge in [-0.15, -0.1) is 34.4 Å². The van der Waals surface area contributed by atoms with Crippen molar-refractivity contribution in [1.82, 2.24) is 4.90 Å². The van der Waals surface area contributed by atoms with Crippen LogP contribution in [-0.2, 0) is 11.2 Å². The van der Waals surface area contributed by atoms with Gasteiger partial charge in [0.2, 0.25) is 5.91 Å². The van der Waals surface area contributed by atoms with Gasteiger partial charge in [-0.1, -0.05) is 24.3 Å². The van der Waals surface area contributed by atoms with Crippen molar-refractivity contribution in [3.63, 3.8) is 0 Å². The van der Waals surface area contributed by atoms with Gasteiger partial charge in [-0.25, -0.2) is 0 Å². The number of nitrogens with zero attached hydrogens (tertiary/aromatic N) is 1. The summed E-state index contributed by atoms with van der Waals surface area (Å²) in [6, 6.07) is 14.8. The average molecular weight is 386 g/mol. The molecule has 1 aromatic carbocycles. The number of carbonyl (C=O) groups is 1. The maximum Gasteiger partial charge on any atom is 0.233 e. The molecule has 1 amide bonds. The summed E-state index contributed by atoms with van der Waals surface area (Å²) in [6.45, 7) is 2.91. The number of benzene rings is 1. The molecule has 0 N–H and O–H groups in total. The molecular weight excluding hydrogens is 366 g/mol. The number of hydrogen-bond donors (Lipinski definition) is 0. The Kier molecular flexibility index (Phi) is 4.97. The zero-order chi connectivity index (χ0) is 17.2. The molecule has 0 saturated carbocycles. The molecule has 4 rings (SSSR count). The molecular formula is C20H19NOS3. The Bertz CT molecular complexity index is 869. The van der Waals surface area contributed by atoms with E-state index in [1.807, 2.05) is 23.5 Å². The number of hydrogen-bond acceptors (Lipinski definition) is 4. The Hall–Kier alpha value is -1.56. The summed E-state index contributed by atoms with van der Waals surface area (Å²) in [5.74, 6) is 0.718. The van der Waals surface area contributed by atoms with E-state index in [1.54, 1.807) is 23.1 Å². The maximum atomic E-state index is 13.0. The maximum absolute atomic E-state index is 13.0. The molecule has 2 aromatic heterocycles. The van der Waals surface area contributed by atoms with Gasteiger partial charge in [0.25, 0.3) is 0 Å². The smallest absolute Gasteiger partial charge is 0.233 e. The van der Waals surface area contributed by atoms with Crippen molar-refractivity contribution >= 4 is 40.3 Å². The topological polar surface area (TPSA) is 20.3 Å². The molecule has 0 bridgehead atoms. The number of thiophene rings is 2. The molecule has 0 aliphatic carbocycles. The summed E-state index contributed by atoms with van der Waals surface area (Å²) < 4.78 is 0. The lowest BCUT2D eigenvalue weighted by molar-refractivity contribution is -0.130. The van der Waals surface area contributed by atoms with Crippen molar-refractivity contribution in [3.05, 3.63) is 74.1 Å². The second kappa shape index (κ2) is 7.36. The predicted octanol–water partition coefficient (Wildman–Crippen LogP) is 5.38. The molecule has 0 saturated heterocycles. The van der Waals surface area contributed by atoms with Crippen LogP contribution in [0.2, 0.25) is 0 Å². The van der Waals surface area contributed by atoms with Gasteiger partial charge >= 0.3 is 0 Å². The SMILES string of the molecule is Cc1ccccc1SCC(=O)N1CCc2sccc2[C@@H]1c1cccs1. The highest BCUT2D eigenvalue weighted by atomic mass is 32.2. The Balaban J connectivity index is 1.56. The molecule has 1 aliphatic rings. The van der Waals surface area contributed by atoms with E-state index in [4.69, 9.17) is 0 Å². The fourth-order valence-electron chi connectivity index (χ4n) is 3.28. The number of fused-ring (bicyclic) bond motifs is 1. The molecule has 1 atom stereocenters. The molecule has 0 unspecified atom stereocenters. The first-order chi connectivity index (χ1) is 12.2. The lowest BCUT2D eigenvalue weighted by Crippen LogP contribution is -2.40. The van der Waals surface area contributed by atoms with Crippen molar-refractivity contribution < 1.29 is 4.79 Å². The first kappa shape index (κ1) is 16.9. The van der Waals surface area contributed by atoms with Crippen LogP contribution in [0.4, 0.5) is 0 Å². The number of amides is 1. The molecule has 1 aliphatic heterocycles. The van der Waals surface area contributed by atoms with Crippen LogP contribution in [-0.4, -0.2) is 23.1 Å². The van der Waals surface area contributed by atoms with E-state index >= 15 is 0 Å². The molecule has 25 heavy (non-hydrogen) atoms. The van der Waals surface area contributed by atoms with Crippen LogP contribution in [0.25, 0.3) is 0 Å². The zero-order valence-electron chi connectivity index (χ0n) is 14.0. The minimum atomic E-state index is 0.0833. The Morgan fingerprint density at radius 2 is 2.04 bits per heavy atom. The Labute approximate surface area is 160 Å². The van der Waals surface area contributed by atoms with E-state index in [9.17, 15) is 4.79 Å². The van der Waals surface area contributed by atoms with Crippen LogP contribution in [0.15, 0.2) is 58.1 Å². The quantitative estimate of drug-likeness (QED) is 0.562. The van der Waals surface area contributed by atoms with E-state index in [-0.39, 0.29) is 11.9 Å². The number of aryl methyl sites for hydroxylation is 1. The van der Waals surface area contributed by atoms with E-state index in [0.717, 1.165) is 13.0 Å². The highest BCUT2D eigenvalue weighted by Gasteiger charge is 2.33. The molecule has 128 valence electrons. The van der Waals surface area contributed by atoms with Crippen LogP contribution in [0.5, 0.6) is 0 Å². The number of rotatable bonds is 4. The molecule has 0 spiro atoms. The summed E-state index contributed by atoms with van der Waals surface area (Å²) in [5, 5.41) is 4.25. The van der Waals surface area contributed by atoms with Gasteiger partial charge in [0.05, 0.1) is 11.8 Å². The number of carbonyl (C=O) groups excluding carboxylic acids is 1. The van der Waals surface area contributed by atoms with E-state index < -0.39 is 0 Å². The largest absolute Gasteiger partial charge is 0.330 e. The zero-order valence-corrected chi connectivity index (χ0v) is 16.4. The van der Waals surface area contributed by atoms with Gasteiger partial charge in [-0.3, -0.25) is 4.79 Å². The molecule has 3 aromatic rings. The van der Waals surface area contributed by atoms with Gasteiger partial charge in [-0.2, -0.15) is 0 Å².